The summed E-state index contributed by atoms with van der Waals surface area (Å²) in [5.74, 6) is 0.694. The highest BCUT2D eigenvalue weighted by atomic mass is 16.3. The molecule has 0 atom stereocenters. The van der Waals surface area contributed by atoms with Crippen molar-refractivity contribution < 1.29 is 5.11 Å². The lowest BCUT2D eigenvalue weighted by Gasteiger charge is -2.05. The molecule has 3 heteroatoms. The summed E-state index contributed by atoms with van der Waals surface area (Å²) in [4.78, 5) is 4.42. The number of allylic oxidation sites excluding steroid dienone is 1. The summed E-state index contributed by atoms with van der Waals surface area (Å²) in [5.41, 5.74) is 4.46. The van der Waals surface area contributed by atoms with E-state index in [4.69, 9.17) is 0 Å². The minimum absolute atomic E-state index is 0.0411. The Kier molecular flexibility index (Phi) is 2.79. The van der Waals surface area contributed by atoms with Crippen LogP contribution in [0.15, 0.2) is 24.8 Å². The highest BCUT2D eigenvalue weighted by Gasteiger charge is 2.09. The van der Waals surface area contributed by atoms with Gasteiger partial charge in [0.05, 0.1) is 11.0 Å². The number of aliphatic hydroxyl groups is 1. The van der Waals surface area contributed by atoms with Crippen molar-refractivity contribution in [3.63, 3.8) is 0 Å². The average Bonchev–Trinajstić information content (AvgIpc) is 2.58. The van der Waals surface area contributed by atoms with Gasteiger partial charge in [0.2, 0.25) is 0 Å². The molecule has 0 radical (unpaired) electrons. The first kappa shape index (κ1) is 10.9. The maximum atomic E-state index is 9.27. The standard InChI is InChI=1S/C13H16N2O/c1-4-5-15-12-7-10(3)9(2)6-11(12)14-13(15)8-16/h4,6-7,16H,1,5,8H2,2-3H3. The second kappa shape index (κ2) is 4.10. The number of imidazole rings is 1. The summed E-state index contributed by atoms with van der Waals surface area (Å²) in [5, 5.41) is 9.27. The molecule has 0 amide bonds. The van der Waals surface area contributed by atoms with E-state index < -0.39 is 0 Å². The van der Waals surface area contributed by atoms with Crippen LogP contribution in [0.5, 0.6) is 0 Å². The Morgan fingerprint density at radius 1 is 1.38 bits per heavy atom. The summed E-state index contributed by atoms with van der Waals surface area (Å²) < 4.78 is 1.99. The minimum Gasteiger partial charge on any atom is -0.388 e. The molecule has 1 N–H and O–H groups in total. The molecule has 0 unspecified atom stereocenters. The molecule has 84 valence electrons. The smallest absolute Gasteiger partial charge is 0.135 e. The highest BCUT2D eigenvalue weighted by Crippen LogP contribution is 2.20. The predicted molar refractivity (Wildman–Crippen MR) is 65.3 cm³/mol. The molecule has 1 aromatic heterocycles. The Morgan fingerprint density at radius 2 is 2.06 bits per heavy atom. The Labute approximate surface area is 95.0 Å². The fourth-order valence-corrected chi connectivity index (χ4v) is 1.88. The lowest BCUT2D eigenvalue weighted by Crippen LogP contribution is -2.01. The van der Waals surface area contributed by atoms with Crippen LogP contribution in [0.1, 0.15) is 17.0 Å². The molecule has 3 nitrogen and oxygen atoms in total. The molecule has 0 bridgehead atoms. The number of rotatable bonds is 3. The van der Waals surface area contributed by atoms with Crippen molar-refractivity contribution in [2.24, 2.45) is 0 Å². The first-order valence-corrected chi connectivity index (χ1v) is 5.35. The summed E-state index contributed by atoms with van der Waals surface area (Å²) in [7, 11) is 0. The molecule has 2 rings (SSSR count). The monoisotopic (exact) mass is 216 g/mol. The number of nitrogens with zero attached hydrogens (tertiary/aromatic N) is 2. The minimum atomic E-state index is -0.0411. The third kappa shape index (κ3) is 1.63. The van der Waals surface area contributed by atoms with Crippen LogP contribution in [0.4, 0.5) is 0 Å². The second-order valence-corrected chi connectivity index (χ2v) is 4.01. The predicted octanol–water partition coefficient (Wildman–Crippen LogP) is 2.33. The van der Waals surface area contributed by atoms with Gasteiger partial charge in [-0.2, -0.15) is 0 Å². The normalized spacial score (nSPS) is 10.9. The molecular weight excluding hydrogens is 200 g/mol. The van der Waals surface area contributed by atoms with Gasteiger partial charge in [0, 0.05) is 6.54 Å². The van der Waals surface area contributed by atoms with Gasteiger partial charge in [-0.25, -0.2) is 4.98 Å². The van der Waals surface area contributed by atoms with Crippen LogP contribution in [0, 0.1) is 13.8 Å². The maximum absolute atomic E-state index is 9.27. The molecule has 16 heavy (non-hydrogen) atoms. The van der Waals surface area contributed by atoms with Crippen molar-refractivity contribution in [2.45, 2.75) is 27.0 Å². The summed E-state index contributed by atoms with van der Waals surface area (Å²) in [6.07, 6.45) is 1.81. The van der Waals surface area contributed by atoms with E-state index >= 15 is 0 Å². The number of benzene rings is 1. The number of aryl methyl sites for hydroxylation is 2. The lowest BCUT2D eigenvalue weighted by molar-refractivity contribution is 0.267. The van der Waals surface area contributed by atoms with Crippen LogP contribution in [0.3, 0.4) is 0 Å². The third-order valence-electron chi connectivity index (χ3n) is 2.90. The largest absolute Gasteiger partial charge is 0.388 e. The van der Waals surface area contributed by atoms with Crippen molar-refractivity contribution in [2.75, 3.05) is 0 Å². The van der Waals surface area contributed by atoms with Crippen molar-refractivity contribution >= 4 is 11.0 Å². The van der Waals surface area contributed by atoms with Crippen LogP contribution in [0.25, 0.3) is 11.0 Å². The zero-order valence-corrected chi connectivity index (χ0v) is 9.70. The van der Waals surface area contributed by atoms with E-state index in [1.165, 1.54) is 11.1 Å². The van der Waals surface area contributed by atoms with Gasteiger partial charge < -0.3 is 9.67 Å². The SMILES string of the molecule is C=CCn1c(CO)nc2cc(C)c(C)cc21. The van der Waals surface area contributed by atoms with E-state index in [2.05, 4.69) is 37.5 Å². The molecule has 0 aliphatic heterocycles. The highest BCUT2D eigenvalue weighted by molar-refractivity contribution is 5.78. The zero-order chi connectivity index (χ0) is 11.7. The van der Waals surface area contributed by atoms with Crippen LogP contribution in [0.2, 0.25) is 0 Å². The van der Waals surface area contributed by atoms with E-state index in [1.807, 2.05) is 10.6 Å². The van der Waals surface area contributed by atoms with E-state index in [0.717, 1.165) is 11.0 Å². The third-order valence-corrected chi connectivity index (χ3v) is 2.90. The molecule has 0 fully saturated rings. The van der Waals surface area contributed by atoms with Crippen molar-refractivity contribution in [3.8, 4) is 0 Å². The molecule has 0 aliphatic rings. The number of aliphatic hydroxyl groups excluding tert-OH is 1. The molecule has 0 spiro atoms. The Balaban J connectivity index is 2.73. The topological polar surface area (TPSA) is 38.0 Å². The second-order valence-electron chi connectivity index (χ2n) is 4.01. The van der Waals surface area contributed by atoms with Crippen LogP contribution in [-0.2, 0) is 13.2 Å². The Morgan fingerprint density at radius 3 is 2.69 bits per heavy atom. The lowest BCUT2D eigenvalue weighted by atomic mass is 10.1. The van der Waals surface area contributed by atoms with Gasteiger partial charge >= 0.3 is 0 Å². The summed E-state index contributed by atoms with van der Waals surface area (Å²) in [6, 6.07) is 4.17. The van der Waals surface area contributed by atoms with Crippen LogP contribution in [-0.4, -0.2) is 14.7 Å². The summed E-state index contributed by atoms with van der Waals surface area (Å²) >= 11 is 0. The van der Waals surface area contributed by atoms with Crippen LogP contribution < -0.4 is 0 Å². The number of hydrogen-bond acceptors (Lipinski definition) is 2. The zero-order valence-electron chi connectivity index (χ0n) is 9.70. The van der Waals surface area contributed by atoms with Gasteiger partial charge in [-0.15, -0.1) is 6.58 Å². The number of hydrogen-bond donors (Lipinski definition) is 1. The van der Waals surface area contributed by atoms with Crippen molar-refractivity contribution in [1.29, 1.82) is 0 Å². The van der Waals surface area contributed by atoms with E-state index in [0.29, 0.717) is 12.4 Å². The van der Waals surface area contributed by atoms with Gasteiger partial charge in [-0.3, -0.25) is 0 Å². The maximum Gasteiger partial charge on any atom is 0.135 e. The van der Waals surface area contributed by atoms with E-state index in [-0.39, 0.29) is 6.61 Å². The van der Waals surface area contributed by atoms with Gasteiger partial charge in [0.15, 0.2) is 0 Å². The fourth-order valence-electron chi connectivity index (χ4n) is 1.88. The number of fused-ring (bicyclic) bond motifs is 1. The molecule has 1 heterocycles. The van der Waals surface area contributed by atoms with Crippen molar-refractivity contribution in [3.05, 3.63) is 41.7 Å². The molecule has 0 saturated heterocycles. The molecule has 0 saturated carbocycles. The molecular formula is C13H16N2O. The fraction of sp³-hybridized carbons (Fsp3) is 0.308. The van der Waals surface area contributed by atoms with Crippen molar-refractivity contribution in [1.82, 2.24) is 9.55 Å². The van der Waals surface area contributed by atoms with Crippen LogP contribution >= 0.6 is 0 Å². The van der Waals surface area contributed by atoms with Gasteiger partial charge in [0.1, 0.15) is 12.4 Å². The Hall–Kier alpha value is -1.61. The molecule has 1 aromatic carbocycles. The van der Waals surface area contributed by atoms with Gasteiger partial charge in [-0.05, 0) is 37.1 Å². The summed E-state index contributed by atoms with van der Waals surface area (Å²) in [6.45, 7) is 8.51. The first-order chi connectivity index (χ1) is 7.67. The van der Waals surface area contributed by atoms with E-state index in [1.54, 1.807) is 0 Å². The van der Waals surface area contributed by atoms with Gasteiger partial charge in [0.25, 0.3) is 0 Å². The van der Waals surface area contributed by atoms with Gasteiger partial charge in [-0.1, -0.05) is 6.08 Å². The quantitative estimate of drug-likeness (QED) is 0.800. The average molecular weight is 216 g/mol. The first-order valence-electron chi connectivity index (χ1n) is 5.35. The van der Waals surface area contributed by atoms with E-state index in [9.17, 15) is 5.11 Å². The molecule has 2 aromatic rings. The Bertz CT molecular complexity index is 540. The number of aromatic nitrogens is 2. The molecule has 0 aliphatic carbocycles.